The second-order valence-electron chi connectivity index (χ2n) is 10.6. The number of rotatable bonds is 5. The molecule has 2 bridgehead atoms. The van der Waals surface area contributed by atoms with Crippen LogP contribution < -0.4 is 0 Å². The zero-order valence-corrected chi connectivity index (χ0v) is 19.7. The van der Waals surface area contributed by atoms with Crippen molar-refractivity contribution in [2.45, 2.75) is 62.1 Å². The summed E-state index contributed by atoms with van der Waals surface area (Å²) in [6.45, 7) is 4.82. The molecule has 0 aromatic heterocycles. The topological polar surface area (TPSA) is 6.48 Å². The molecule has 7 rings (SSSR count). The van der Waals surface area contributed by atoms with Gasteiger partial charge in [-0.15, -0.1) is 0 Å². The lowest BCUT2D eigenvalue weighted by molar-refractivity contribution is 0.0459. The minimum absolute atomic E-state index is 0.319. The maximum atomic E-state index is 2.90. The summed E-state index contributed by atoms with van der Waals surface area (Å²) in [6, 6.07) is 34.6. The van der Waals surface area contributed by atoms with E-state index in [1.165, 1.54) is 68.4 Å². The predicted octanol–water partition coefficient (Wildman–Crippen LogP) is 6.46. The number of hydrogen-bond acceptors (Lipinski definition) is 2. The van der Waals surface area contributed by atoms with E-state index in [4.69, 9.17) is 0 Å². The van der Waals surface area contributed by atoms with Gasteiger partial charge in [0.25, 0.3) is 0 Å². The van der Waals surface area contributed by atoms with E-state index in [1.54, 1.807) is 0 Å². The smallest absolute Gasteiger partial charge is 0.0238 e. The number of nitrogens with zero attached hydrogens (tertiary/aromatic N) is 2. The third-order valence-electron chi connectivity index (χ3n) is 8.77. The molecule has 2 nitrogen and oxygen atoms in total. The summed E-state index contributed by atoms with van der Waals surface area (Å²) < 4.78 is 0. The monoisotopic (exact) mass is 436 g/mol. The SMILES string of the molecule is c1ccc(CN2CCC3(N4CCCC4)CC(c4ccccc4)C2C(c2ccccc2)C3)cc1. The lowest BCUT2D eigenvalue weighted by atomic mass is 9.63. The van der Waals surface area contributed by atoms with Gasteiger partial charge in [0.15, 0.2) is 0 Å². The molecule has 1 saturated carbocycles. The molecule has 3 aliphatic heterocycles. The maximum absolute atomic E-state index is 2.90. The van der Waals surface area contributed by atoms with E-state index in [2.05, 4.69) is 101 Å². The molecule has 0 N–H and O–H groups in total. The first-order chi connectivity index (χ1) is 16.3. The van der Waals surface area contributed by atoms with Gasteiger partial charge in [-0.25, -0.2) is 0 Å². The van der Waals surface area contributed by atoms with Crippen LogP contribution in [0.15, 0.2) is 91.0 Å². The molecule has 4 fully saturated rings. The van der Waals surface area contributed by atoms with Crippen molar-refractivity contribution in [1.29, 1.82) is 0 Å². The first-order valence-corrected chi connectivity index (χ1v) is 13.0. The molecule has 2 unspecified atom stereocenters. The first kappa shape index (κ1) is 21.1. The highest BCUT2D eigenvalue weighted by Gasteiger charge is 2.54. The number of fused-ring (bicyclic) bond motifs is 4. The molecule has 3 aromatic carbocycles. The Hall–Kier alpha value is -2.42. The van der Waals surface area contributed by atoms with E-state index in [9.17, 15) is 0 Å². The van der Waals surface area contributed by atoms with Crippen LogP contribution in [0.3, 0.4) is 0 Å². The Labute approximate surface area is 199 Å². The van der Waals surface area contributed by atoms with Crippen molar-refractivity contribution in [1.82, 2.24) is 9.80 Å². The van der Waals surface area contributed by atoms with Gasteiger partial charge in [0, 0.05) is 36.5 Å². The van der Waals surface area contributed by atoms with Crippen LogP contribution in [-0.2, 0) is 6.54 Å². The second kappa shape index (κ2) is 9.08. The van der Waals surface area contributed by atoms with E-state index in [0.29, 0.717) is 23.4 Å². The van der Waals surface area contributed by atoms with E-state index in [-0.39, 0.29) is 0 Å². The van der Waals surface area contributed by atoms with Crippen LogP contribution in [-0.4, -0.2) is 41.0 Å². The van der Waals surface area contributed by atoms with Crippen LogP contribution in [0.2, 0.25) is 0 Å². The molecule has 3 heterocycles. The lowest BCUT2D eigenvalue weighted by Crippen LogP contribution is -2.54. The average Bonchev–Trinajstić information content (AvgIpc) is 3.34. The fraction of sp³-hybridized carbons (Fsp3) is 0.419. The van der Waals surface area contributed by atoms with Crippen LogP contribution in [0.25, 0.3) is 0 Å². The Balaban J connectivity index is 1.47. The van der Waals surface area contributed by atoms with Gasteiger partial charge in [-0.3, -0.25) is 9.80 Å². The largest absolute Gasteiger partial charge is 0.298 e. The highest BCUT2D eigenvalue weighted by Crippen LogP contribution is 2.54. The Morgan fingerprint density at radius 1 is 0.636 bits per heavy atom. The molecule has 170 valence electrons. The minimum Gasteiger partial charge on any atom is -0.298 e. The average molecular weight is 437 g/mol. The van der Waals surface area contributed by atoms with Crippen LogP contribution in [0.5, 0.6) is 0 Å². The van der Waals surface area contributed by atoms with Crippen LogP contribution in [0, 0.1) is 0 Å². The van der Waals surface area contributed by atoms with E-state index in [1.807, 2.05) is 0 Å². The summed E-state index contributed by atoms with van der Waals surface area (Å²) in [7, 11) is 0. The third kappa shape index (κ3) is 4.05. The highest BCUT2D eigenvalue weighted by atomic mass is 15.3. The molecular weight excluding hydrogens is 400 g/mol. The van der Waals surface area contributed by atoms with Gasteiger partial charge in [0.1, 0.15) is 0 Å². The van der Waals surface area contributed by atoms with Crippen molar-refractivity contribution < 1.29 is 0 Å². The summed E-state index contributed by atoms with van der Waals surface area (Å²) >= 11 is 0. The fourth-order valence-corrected chi connectivity index (χ4v) is 7.28. The van der Waals surface area contributed by atoms with Crippen molar-refractivity contribution in [3.05, 3.63) is 108 Å². The first-order valence-electron chi connectivity index (χ1n) is 13.0. The molecule has 0 radical (unpaired) electrons. The number of hydrogen-bond donors (Lipinski definition) is 0. The zero-order valence-electron chi connectivity index (χ0n) is 19.7. The lowest BCUT2D eigenvalue weighted by Gasteiger charge is -2.52. The fourth-order valence-electron chi connectivity index (χ4n) is 7.28. The summed E-state index contributed by atoms with van der Waals surface area (Å²) in [5.41, 5.74) is 4.83. The maximum Gasteiger partial charge on any atom is 0.0238 e. The Bertz CT molecular complexity index is 977. The molecule has 0 amide bonds. The molecule has 4 aliphatic rings. The molecule has 3 saturated heterocycles. The van der Waals surface area contributed by atoms with Gasteiger partial charge in [-0.2, -0.15) is 0 Å². The normalized spacial score (nSPS) is 30.4. The summed E-state index contributed by atoms with van der Waals surface area (Å²) in [5.74, 6) is 1.13. The van der Waals surface area contributed by atoms with Gasteiger partial charge in [-0.1, -0.05) is 91.0 Å². The van der Waals surface area contributed by atoms with Gasteiger partial charge in [0.2, 0.25) is 0 Å². The van der Waals surface area contributed by atoms with E-state index < -0.39 is 0 Å². The summed E-state index contributed by atoms with van der Waals surface area (Å²) in [5, 5.41) is 0. The Kier molecular flexibility index (Phi) is 5.82. The summed E-state index contributed by atoms with van der Waals surface area (Å²) in [6.07, 6.45) is 6.63. The minimum atomic E-state index is 0.319. The molecule has 2 atom stereocenters. The van der Waals surface area contributed by atoms with Crippen molar-refractivity contribution in [2.75, 3.05) is 19.6 Å². The highest BCUT2D eigenvalue weighted by molar-refractivity contribution is 5.33. The van der Waals surface area contributed by atoms with Crippen molar-refractivity contribution in [3.63, 3.8) is 0 Å². The molecular formula is C31H36N2. The molecule has 2 heteroatoms. The second-order valence-corrected chi connectivity index (χ2v) is 10.6. The standard InChI is InChI=1S/C31H36N2/c1-4-12-25(13-5-1)24-32-21-18-31(33-19-10-11-20-33)22-28(26-14-6-2-7-15-26)30(32)29(23-31)27-16-8-3-9-17-27/h1-9,12-17,28-30H,10-11,18-24H2. The Morgan fingerprint density at radius 2 is 1.15 bits per heavy atom. The van der Waals surface area contributed by atoms with Crippen LogP contribution in [0.1, 0.15) is 60.6 Å². The number of benzene rings is 3. The molecule has 3 aromatic rings. The van der Waals surface area contributed by atoms with Crippen molar-refractivity contribution >= 4 is 0 Å². The van der Waals surface area contributed by atoms with Crippen molar-refractivity contribution in [3.8, 4) is 0 Å². The van der Waals surface area contributed by atoms with Gasteiger partial charge >= 0.3 is 0 Å². The van der Waals surface area contributed by atoms with Gasteiger partial charge in [-0.05, 0) is 61.9 Å². The molecule has 1 aliphatic carbocycles. The third-order valence-corrected chi connectivity index (χ3v) is 8.77. The van der Waals surface area contributed by atoms with E-state index >= 15 is 0 Å². The van der Waals surface area contributed by atoms with Crippen molar-refractivity contribution in [2.24, 2.45) is 0 Å². The van der Waals surface area contributed by atoms with Crippen LogP contribution in [0.4, 0.5) is 0 Å². The number of likely N-dealkylation sites (tertiary alicyclic amines) is 1. The zero-order chi connectivity index (χ0) is 22.1. The van der Waals surface area contributed by atoms with Gasteiger partial charge in [0.05, 0.1) is 0 Å². The predicted molar refractivity (Wildman–Crippen MR) is 136 cm³/mol. The molecule has 0 spiro atoms. The Morgan fingerprint density at radius 3 is 1.70 bits per heavy atom. The van der Waals surface area contributed by atoms with Crippen LogP contribution >= 0.6 is 0 Å². The van der Waals surface area contributed by atoms with Gasteiger partial charge < -0.3 is 0 Å². The van der Waals surface area contributed by atoms with E-state index in [0.717, 1.165) is 6.54 Å². The summed E-state index contributed by atoms with van der Waals surface area (Å²) in [4.78, 5) is 5.76. The quantitative estimate of drug-likeness (QED) is 0.453. The molecule has 33 heavy (non-hydrogen) atoms.